The molecule has 110 valence electrons. The van der Waals surface area contributed by atoms with Gasteiger partial charge in [0.05, 0.1) is 25.9 Å². The van der Waals surface area contributed by atoms with Crippen molar-refractivity contribution >= 4 is 5.78 Å². The van der Waals surface area contributed by atoms with E-state index in [1.165, 1.54) is 0 Å². The molecule has 0 aliphatic carbocycles. The van der Waals surface area contributed by atoms with E-state index in [4.69, 9.17) is 9.47 Å². The molecule has 0 amide bonds. The number of ketones is 1. The number of fused-ring (bicyclic) bond motifs is 1. The Labute approximate surface area is 120 Å². The maximum Gasteiger partial charge on any atom is 0.176 e. The van der Waals surface area contributed by atoms with Crippen LogP contribution < -0.4 is 4.74 Å². The van der Waals surface area contributed by atoms with Crippen molar-refractivity contribution in [3.63, 3.8) is 0 Å². The van der Waals surface area contributed by atoms with Crippen molar-refractivity contribution in [2.75, 3.05) is 33.4 Å². The molecule has 0 fully saturated rings. The molecule has 4 heteroatoms. The van der Waals surface area contributed by atoms with E-state index in [0.29, 0.717) is 13.2 Å². The summed E-state index contributed by atoms with van der Waals surface area (Å²) in [6, 6.07) is 5.71. The van der Waals surface area contributed by atoms with Gasteiger partial charge in [0, 0.05) is 18.5 Å². The first-order chi connectivity index (χ1) is 9.56. The standard InChI is InChI=1S/C16H23NO3/c1-12(2)19-9-7-17(3)11-15(18)13-4-5-16-14(10-13)6-8-20-16/h4-5,10,12H,6-9,11H2,1-3H3. The van der Waals surface area contributed by atoms with Crippen molar-refractivity contribution < 1.29 is 14.3 Å². The number of likely N-dealkylation sites (N-methyl/N-ethyl adjacent to an activating group) is 1. The quantitative estimate of drug-likeness (QED) is 0.716. The molecule has 0 aromatic heterocycles. The fourth-order valence-electron chi connectivity index (χ4n) is 2.22. The lowest BCUT2D eigenvalue weighted by Gasteiger charge is -2.17. The Balaban J connectivity index is 1.85. The molecule has 0 atom stereocenters. The topological polar surface area (TPSA) is 38.8 Å². The number of Topliss-reactive ketones (excluding diaryl/α,β-unsaturated/α-hetero) is 1. The Morgan fingerprint density at radius 1 is 1.45 bits per heavy atom. The first-order valence-electron chi connectivity index (χ1n) is 7.15. The van der Waals surface area contributed by atoms with Gasteiger partial charge >= 0.3 is 0 Å². The van der Waals surface area contributed by atoms with Crippen LogP contribution in [0.4, 0.5) is 0 Å². The van der Waals surface area contributed by atoms with Crippen LogP contribution in [0.5, 0.6) is 5.75 Å². The first kappa shape index (κ1) is 15.0. The molecule has 2 rings (SSSR count). The molecule has 0 radical (unpaired) electrons. The highest BCUT2D eigenvalue weighted by Crippen LogP contribution is 2.25. The average molecular weight is 277 g/mol. The van der Waals surface area contributed by atoms with Crippen LogP contribution in [0.1, 0.15) is 29.8 Å². The zero-order chi connectivity index (χ0) is 14.5. The van der Waals surface area contributed by atoms with Crippen LogP contribution in [0.15, 0.2) is 18.2 Å². The molecular weight excluding hydrogens is 254 g/mol. The summed E-state index contributed by atoms with van der Waals surface area (Å²) in [5.41, 5.74) is 1.91. The molecule has 0 N–H and O–H groups in total. The highest BCUT2D eigenvalue weighted by atomic mass is 16.5. The third kappa shape index (κ3) is 4.05. The van der Waals surface area contributed by atoms with Crippen LogP contribution in [0.2, 0.25) is 0 Å². The summed E-state index contributed by atoms with van der Waals surface area (Å²) in [5.74, 6) is 1.06. The van der Waals surface area contributed by atoms with E-state index in [9.17, 15) is 4.79 Å². The van der Waals surface area contributed by atoms with Gasteiger partial charge in [-0.05, 0) is 44.7 Å². The van der Waals surface area contributed by atoms with E-state index in [2.05, 4.69) is 0 Å². The molecule has 1 aromatic carbocycles. The Bertz CT molecular complexity index is 471. The van der Waals surface area contributed by atoms with Gasteiger partial charge in [-0.25, -0.2) is 0 Å². The van der Waals surface area contributed by atoms with E-state index < -0.39 is 0 Å². The second kappa shape index (κ2) is 6.86. The van der Waals surface area contributed by atoms with E-state index in [0.717, 1.165) is 36.4 Å². The molecule has 20 heavy (non-hydrogen) atoms. The van der Waals surface area contributed by atoms with Gasteiger partial charge < -0.3 is 9.47 Å². The van der Waals surface area contributed by atoms with Gasteiger partial charge in [0.2, 0.25) is 0 Å². The number of carbonyl (C=O) groups is 1. The average Bonchev–Trinajstić information content (AvgIpc) is 2.85. The predicted molar refractivity (Wildman–Crippen MR) is 78.6 cm³/mol. The second-order valence-electron chi connectivity index (χ2n) is 5.50. The van der Waals surface area contributed by atoms with Crippen LogP contribution in [0, 0.1) is 0 Å². The molecule has 0 unspecified atom stereocenters. The number of rotatable bonds is 7. The number of carbonyl (C=O) groups excluding carboxylic acids is 1. The minimum absolute atomic E-state index is 0.145. The summed E-state index contributed by atoms with van der Waals surface area (Å²) in [6.07, 6.45) is 1.13. The number of ether oxygens (including phenoxy) is 2. The summed E-state index contributed by atoms with van der Waals surface area (Å²) >= 11 is 0. The summed E-state index contributed by atoms with van der Waals surface area (Å²) in [7, 11) is 1.94. The zero-order valence-corrected chi connectivity index (χ0v) is 12.5. The number of benzene rings is 1. The molecule has 4 nitrogen and oxygen atoms in total. The highest BCUT2D eigenvalue weighted by Gasteiger charge is 2.16. The summed E-state index contributed by atoms with van der Waals surface area (Å²) in [5, 5.41) is 0. The normalized spacial score (nSPS) is 13.7. The van der Waals surface area contributed by atoms with Crippen LogP contribution >= 0.6 is 0 Å². The molecule has 0 saturated carbocycles. The van der Waals surface area contributed by atoms with Gasteiger partial charge in [-0.2, -0.15) is 0 Å². The molecule has 0 saturated heterocycles. The van der Waals surface area contributed by atoms with Gasteiger partial charge in [-0.15, -0.1) is 0 Å². The lowest BCUT2D eigenvalue weighted by Crippen LogP contribution is -2.30. The van der Waals surface area contributed by atoms with E-state index >= 15 is 0 Å². The van der Waals surface area contributed by atoms with Crippen LogP contribution in [-0.4, -0.2) is 50.1 Å². The molecule has 1 aliphatic heterocycles. The second-order valence-corrected chi connectivity index (χ2v) is 5.50. The van der Waals surface area contributed by atoms with Crippen molar-refractivity contribution in [3.8, 4) is 5.75 Å². The van der Waals surface area contributed by atoms with E-state index in [-0.39, 0.29) is 11.9 Å². The van der Waals surface area contributed by atoms with Gasteiger partial charge in [0.25, 0.3) is 0 Å². The van der Waals surface area contributed by atoms with Crippen molar-refractivity contribution in [1.29, 1.82) is 0 Å². The van der Waals surface area contributed by atoms with Crippen molar-refractivity contribution in [2.45, 2.75) is 26.4 Å². The minimum atomic E-state index is 0.145. The lowest BCUT2D eigenvalue weighted by molar-refractivity contribution is 0.0619. The first-order valence-corrected chi connectivity index (χ1v) is 7.15. The minimum Gasteiger partial charge on any atom is -0.493 e. The van der Waals surface area contributed by atoms with Crippen LogP contribution in [-0.2, 0) is 11.2 Å². The number of hydrogen-bond donors (Lipinski definition) is 0. The SMILES string of the molecule is CC(C)OCCN(C)CC(=O)c1ccc2c(c1)CCO2. The Hall–Kier alpha value is -1.39. The maximum atomic E-state index is 12.2. The molecular formula is C16H23NO3. The Morgan fingerprint density at radius 2 is 2.25 bits per heavy atom. The van der Waals surface area contributed by atoms with Crippen LogP contribution in [0.3, 0.4) is 0 Å². The van der Waals surface area contributed by atoms with Gasteiger partial charge in [0.1, 0.15) is 5.75 Å². The molecule has 0 spiro atoms. The highest BCUT2D eigenvalue weighted by molar-refractivity contribution is 5.98. The molecule has 1 aliphatic rings. The zero-order valence-electron chi connectivity index (χ0n) is 12.5. The van der Waals surface area contributed by atoms with Crippen molar-refractivity contribution in [1.82, 2.24) is 4.90 Å². The maximum absolute atomic E-state index is 12.2. The van der Waals surface area contributed by atoms with Crippen LogP contribution in [0.25, 0.3) is 0 Å². The number of nitrogens with zero attached hydrogens (tertiary/aromatic N) is 1. The van der Waals surface area contributed by atoms with Crippen molar-refractivity contribution in [3.05, 3.63) is 29.3 Å². The lowest BCUT2D eigenvalue weighted by atomic mass is 10.1. The third-order valence-corrected chi connectivity index (χ3v) is 3.35. The fraction of sp³-hybridized carbons (Fsp3) is 0.562. The third-order valence-electron chi connectivity index (χ3n) is 3.35. The summed E-state index contributed by atoms with van der Waals surface area (Å²) < 4.78 is 10.9. The largest absolute Gasteiger partial charge is 0.493 e. The van der Waals surface area contributed by atoms with Gasteiger partial charge in [-0.3, -0.25) is 9.69 Å². The monoisotopic (exact) mass is 277 g/mol. The van der Waals surface area contributed by atoms with Gasteiger partial charge in [-0.1, -0.05) is 0 Å². The Kier molecular flexibility index (Phi) is 5.15. The fourth-order valence-corrected chi connectivity index (χ4v) is 2.22. The smallest absolute Gasteiger partial charge is 0.176 e. The van der Waals surface area contributed by atoms with E-state index in [1.54, 1.807) is 0 Å². The summed E-state index contributed by atoms with van der Waals surface area (Å²) in [4.78, 5) is 14.2. The Morgan fingerprint density at radius 3 is 3.00 bits per heavy atom. The van der Waals surface area contributed by atoms with Gasteiger partial charge in [0.15, 0.2) is 5.78 Å². The summed E-state index contributed by atoms with van der Waals surface area (Å²) in [6.45, 7) is 6.58. The van der Waals surface area contributed by atoms with Crippen molar-refractivity contribution in [2.24, 2.45) is 0 Å². The van der Waals surface area contributed by atoms with E-state index in [1.807, 2.05) is 44.0 Å². The predicted octanol–water partition coefficient (Wildman–Crippen LogP) is 2.16. The number of hydrogen-bond acceptors (Lipinski definition) is 4. The molecule has 1 aromatic rings. The molecule has 1 heterocycles. The molecule has 0 bridgehead atoms.